The molecule has 0 aliphatic carbocycles. The van der Waals surface area contributed by atoms with Gasteiger partial charge in [-0.3, -0.25) is 0 Å². The summed E-state index contributed by atoms with van der Waals surface area (Å²) < 4.78 is 31.3. The Balaban J connectivity index is 2.06. The van der Waals surface area contributed by atoms with Gasteiger partial charge in [-0.1, -0.05) is 0 Å². The van der Waals surface area contributed by atoms with Crippen molar-refractivity contribution in [2.45, 2.75) is 10.9 Å². The highest BCUT2D eigenvalue weighted by Gasteiger charge is 2.13. The van der Waals surface area contributed by atoms with Crippen molar-refractivity contribution in [2.75, 3.05) is 12.9 Å². The van der Waals surface area contributed by atoms with Crippen LogP contribution in [-0.2, 0) is 0 Å². The van der Waals surface area contributed by atoms with E-state index >= 15 is 0 Å². The smallest absolute Gasteiger partial charge is 0.123 e. The highest BCUT2D eigenvalue weighted by atomic mass is 32.2. The lowest BCUT2D eigenvalue weighted by atomic mass is 10.1. The summed E-state index contributed by atoms with van der Waals surface area (Å²) in [5, 5.41) is 0. The zero-order valence-corrected chi connectivity index (χ0v) is 11.8. The summed E-state index contributed by atoms with van der Waals surface area (Å²) in [6.07, 6.45) is 0. The second-order valence-electron chi connectivity index (χ2n) is 4.26. The Morgan fingerprint density at radius 1 is 1.10 bits per heavy atom. The normalized spacial score (nSPS) is 12.2. The second kappa shape index (κ2) is 6.72. The molecule has 0 spiro atoms. The predicted molar refractivity (Wildman–Crippen MR) is 77.0 cm³/mol. The van der Waals surface area contributed by atoms with Crippen molar-refractivity contribution in [2.24, 2.45) is 5.73 Å². The van der Waals surface area contributed by atoms with E-state index in [-0.39, 0.29) is 17.7 Å². The fourth-order valence-corrected chi connectivity index (χ4v) is 2.68. The Hall–Kier alpha value is -1.59. The molecule has 2 rings (SSSR count). The first-order valence-electron chi connectivity index (χ1n) is 6.07. The molecule has 0 aliphatic rings. The van der Waals surface area contributed by atoms with E-state index in [1.54, 1.807) is 18.2 Å². The van der Waals surface area contributed by atoms with Crippen LogP contribution in [0.15, 0.2) is 47.4 Å². The number of nitrogens with two attached hydrogens (primary N) is 1. The van der Waals surface area contributed by atoms with Crippen LogP contribution in [0.4, 0.5) is 8.78 Å². The molecule has 0 heterocycles. The molecule has 106 valence electrons. The highest BCUT2D eigenvalue weighted by Crippen LogP contribution is 2.29. The third-order valence-corrected chi connectivity index (χ3v) is 3.97. The fraction of sp³-hybridized carbons (Fsp3) is 0.200. The average molecular weight is 295 g/mol. The molecule has 0 amide bonds. The quantitative estimate of drug-likeness (QED) is 0.853. The Morgan fingerprint density at radius 3 is 2.40 bits per heavy atom. The topological polar surface area (TPSA) is 35.2 Å². The summed E-state index contributed by atoms with van der Waals surface area (Å²) in [5.41, 5.74) is 6.70. The van der Waals surface area contributed by atoms with Gasteiger partial charge in [-0.15, -0.1) is 11.8 Å². The van der Waals surface area contributed by atoms with E-state index in [0.717, 1.165) is 4.90 Å². The first-order chi connectivity index (χ1) is 9.60. The maximum Gasteiger partial charge on any atom is 0.123 e. The van der Waals surface area contributed by atoms with E-state index in [0.29, 0.717) is 17.1 Å². The lowest BCUT2D eigenvalue weighted by Crippen LogP contribution is -2.14. The molecule has 2 aromatic carbocycles. The summed E-state index contributed by atoms with van der Waals surface area (Å²) in [6.45, 7) is 0. The number of hydrogen-bond acceptors (Lipinski definition) is 3. The van der Waals surface area contributed by atoms with Crippen LogP contribution in [-0.4, -0.2) is 12.9 Å². The van der Waals surface area contributed by atoms with Crippen LogP contribution in [0.3, 0.4) is 0 Å². The number of methoxy groups -OCH3 is 1. The van der Waals surface area contributed by atoms with E-state index in [2.05, 4.69) is 0 Å². The van der Waals surface area contributed by atoms with Crippen molar-refractivity contribution >= 4 is 11.8 Å². The molecular weight excluding hydrogens is 280 g/mol. The van der Waals surface area contributed by atoms with Crippen molar-refractivity contribution in [3.63, 3.8) is 0 Å². The van der Waals surface area contributed by atoms with Crippen molar-refractivity contribution in [3.05, 3.63) is 59.7 Å². The Morgan fingerprint density at radius 2 is 1.75 bits per heavy atom. The molecule has 0 fully saturated rings. The Labute approximate surface area is 120 Å². The maximum atomic E-state index is 13.3. The lowest BCUT2D eigenvalue weighted by molar-refractivity contribution is 0.405. The number of ether oxygens (including phenoxy) is 1. The van der Waals surface area contributed by atoms with Crippen LogP contribution in [0.25, 0.3) is 0 Å². The summed E-state index contributed by atoms with van der Waals surface area (Å²) >= 11 is 1.49. The number of hydrogen-bond donors (Lipinski definition) is 1. The van der Waals surface area contributed by atoms with Crippen LogP contribution in [0.2, 0.25) is 0 Å². The molecule has 0 bridgehead atoms. The van der Waals surface area contributed by atoms with Gasteiger partial charge >= 0.3 is 0 Å². The molecule has 2 nitrogen and oxygen atoms in total. The molecule has 20 heavy (non-hydrogen) atoms. The number of thioether (sulfide) groups is 1. The van der Waals surface area contributed by atoms with Crippen LogP contribution in [0.5, 0.6) is 5.75 Å². The van der Waals surface area contributed by atoms with Gasteiger partial charge in [0.05, 0.1) is 7.11 Å². The zero-order chi connectivity index (χ0) is 14.5. The molecule has 0 aliphatic heterocycles. The van der Waals surface area contributed by atoms with E-state index in [1.807, 2.05) is 0 Å². The summed E-state index contributed by atoms with van der Waals surface area (Å²) in [4.78, 5) is 0.914. The summed E-state index contributed by atoms with van der Waals surface area (Å²) in [6, 6.07) is 10.1. The Kier molecular flexibility index (Phi) is 4.98. The predicted octanol–water partition coefficient (Wildman–Crippen LogP) is 3.77. The van der Waals surface area contributed by atoms with Gasteiger partial charge in [-0.05, 0) is 42.5 Å². The maximum absolute atomic E-state index is 13.3. The molecule has 0 saturated carbocycles. The number of benzene rings is 2. The Bertz CT molecular complexity index is 575. The van der Waals surface area contributed by atoms with Crippen LogP contribution < -0.4 is 10.5 Å². The molecule has 5 heteroatoms. The van der Waals surface area contributed by atoms with E-state index in [9.17, 15) is 8.78 Å². The van der Waals surface area contributed by atoms with Crippen LogP contribution >= 0.6 is 11.8 Å². The van der Waals surface area contributed by atoms with Gasteiger partial charge in [0, 0.05) is 22.3 Å². The van der Waals surface area contributed by atoms with Gasteiger partial charge < -0.3 is 10.5 Å². The van der Waals surface area contributed by atoms with Gasteiger partial charge in [-0.25, -0.2) is 8.78 Å². The molecule has 0 aromatic heterocycles. The van der Waals surface area contributed by atoms with Gasteiger partial charge in [0.2, 0.25) is 0 Å². The summed E-state index contributed by atoms with van der Waals surface area (Å²) in [7, 11) is 1.52. The number of halogens is 2. The van der Waals surface area contributed by atoms with Crippen LogP contribution in [0, 0.1) is 11.6 Å². The highest BCUT2D eigenvalue weighted by molar-refractivity contribution is 7.99. The minimum atomic E-state index is -0.365. The van der Waals surface area contributed by atoms with E-state index < -0.39 is 0 Å². The molecule has 0 radical (unpaired) electrons. The fourth-order valence-electron chi connectivity index (χ4n) is 1.80. The molecule has 2 N–H and O–H groups in total. The zero-order valence-electron chi connectivity index (χ0n) is 11.0. The largest absolute Gasteiger partial charge is 0.496 e. The van der Waals surface area contributed by atoms with Crippen molar-refractivity contribution in [3.8, 4) is 5.75 Å². The van der Waals surface area contributed by atoms with Gasteiger partial charge in [0.25, 0.3) is 0 Å². The standard InChI is InChI=1S/C15H15F2NOS/c1-19-15-7-4-11(17)8-13(15)14(18)9-20-12-5-2-10(16)3-6-12/h2-8,14H,9,18H2,1H3. The third kappa shape index (κ3) is 3.71. The van der Waals surface area contributed by atoms with Crippen molar-refractivity contribution < 1.29 is 13.5 Å². The van der Waals surface area contributed by atoms with Gasteiger partial charge in [0.15, 0.2) is 0 Å². The number of rotatable bonds is 5. The van der Waals surface area contributed by atoms with E-state index in [1.165, 1.54) is 43.1 Å². The lowest BCUT2D eigenvalue weighted by Gasteiger charge is -2.15. The molecule has 0 saturated heterocycles. The summed E-state index contributed by atoms with van der Waals surface area (Å²) in [5.74, 6) is 0.498. The van der Waals surface area contributed by atoms with Crippen molar-refractivity contribution in [1.82, 2.24) is 0 Å². The first kappa shape index (κ1) is 14.8. The minimum Gasteiger partial charge on any atom is -0.496 e. The monoisotopic (exact) mass is 295 g/mol. The van der Waals surface area contributed by atoms with Crippen LogP contribution in [0.1, 0.15) is 11.6 Å². The second-order valence-corrected chi connectivity index (χ2v) is 5.35. The molecular formula is C15H15F2NOS. The minimum absolute atomic E-state index is 0.273. The third-order valence-electron chi connectivity index (χ3n) is 2.83. The SMILES string of the molecule is COc1ccc(F)cc1C(N)CSc1ccc(F)cc1. The average Bonchev–Trinajstić information content (AvgIpc) is 2.46. The van der Waals surface area contributed by atoms with Gasteiger partial charge in [-0.2, -0.15) is 0 Å². The first-order valence-corrected chi connectivity index (χ1v) is 7.06. The van der Waals surface area contributed by atoms with Gasteiger partial charge in [0.1, 0.15) is 17.4 Å². The molecule has 1 atom stereocenters. The molecule has 1 unspecified atom stereocenters. The van der Waals surface area contributed by atoms with E-state index in [4.69, 9.17) is 10.5 Å². The van der Waals surface area contributed by atoms with Crippen molar-refractivity contribution in [1.29, 1.82) is 0 Å². The molecule has 2 aromatic rings.